The van der Waals surface area contributed by atoms with E-state index in [1.807, 2.05) is 0 Å². The number of rotatable bonds is 3. The predicted octanol–water partition coefficient (Wildman–Crippen LogP) is 2.16. The molecule has 2 aromatic heterocycles. The summed E-state index contributed by atoms with van der Waals surface area (Å²) < 4.78 is 15.4. The minimum absolute atomic E-state index is 0.0979. The van der Waals surface area contributed by atoms with Gasteiger partial charge in [-0.15, -0.1) is 10.2 Å². The largest absolute Gasteiger partial charge is 0.320 e. The van der Waals surface area contributed by atoms with Crippen molar-refractivity contribution in [2.45, 2.75) is 0 Å². The molecule has 106 valence electrons. The van der Waals surface area contributed by atoms with E-state index in [1.54, 1.807) is 6.07 Å². The van der Waals surface area contributed by atoms with E-state index in [1.165, 1.54) is 29.5 Å². The smallest absolute Gasteiger partial charge is 0.286 e. The lowest BCUT2D eigenvalue weighted by molar-refractivity contribution is 0.102. The average molecular weight is 325 g/mol. The first-order valence-corrected chi connectivity index (χ1v) is 6.78. The van der Waals surface area contributed by atoms with Gasteiger partial charge in [0.05, 0.1) is 0 Å². The zero-order chi connectivity index (χ0) is 14.8. The number of hydrogen-bond donors (Lipinski definition) is 1. The van der Waals surface area contributed by atoms with E-state index < -0.39 is 11.7 Å². The van der Waals surface area contributed by atoms with Gasteiger partial charge >= 0.3 is 0 Å². The standard InChI is InChI=1S/C11H6ClFN6OS/c12-11-18-17-10(21-11)9(20)16-6-1-2-8(7(13)3-6)19-5-14-4-15-19/h1-5H,(H,16,20). The summed E-state index contributed by atoms with van der Waals surface area (Å²) in [5, 5.41) is 13.6. The predicted molar refractivity (Wildman–Crippen MR) is 74.2 cm³/mol. The summed E-state index contributed by atoms with van der Waals surface area (Å²) in [6.45, 7) is 0. The van der Waals surface area contributed by atoms with Gasteiger partial charge < -0.3 is 5.32 Å². The lowest BCUT2D eigenvalue weighted by atomic mass is 10.2. The molecule has 0 saturated carbocycles. The Labute approximate surface area is 126 Å². The fourth-order valence-electron chi connectivity index (χ4n) is 1.58. The summed E-state index contributed by atoms with van der Waals surface area (Å²) in [6, 6.07) is 4.20. The molecule has 0 bridgehead atoms. The Hall–Kier alpha value is -2.39. The van der Waals surface area contributed by atoms with Crippen molar-refractivity contribution >= 4 is 34.5 Å². The van der Waals surface area contributed by atoms with Gasteiger partial charge in [-0.2, -0.15) is 5.10 Å². The van der Waals surface area contributed by atoms with Gasteiger partial charge in [-0.1, -0.05) is 11.3 Å². The van der Waals surface area contributed by atoms with E-state index in [2.05, 4.69) is 25.6 Å². The van der Waals surface area contributed by atoms with Crippen molar-refractivity contribution in [3.8, 4) is 5.69 Å². The fraction of sp³-hybridized carbons (Fsp3) is 0. The molecule has 0 aliphatic rings. The van der Waals surface area contributed by atoms with Crippen LogP contribution >= 0.6 is 22.9 Å². The average Bonchev–Trinajstić information content (AvgIpc) is 3.10. The van der Waals surface area contributed by atoms with Crippen LogP contribution in [-0.2, 0) is 0 Å². The molecule has 7 nitrogen and oxygen atoms in total. The molecule has 0 unspecified atom stereocenters. The summed E-state index contributed by atoms with van der Waals surface area (Å²) in [6.07, 6.45) is 2.67. The first-order chi connectivity index (χ1) is 10.1. The van der Waals surface area contributed by atoms with E-state index in [-0.39, 0.29) is 20.8 Å². The van der Waals surface area contributed by atoms with Gasteiger partial charge in [0.15, 0.2) is 5.82 Å². The molecule has 3 aromatic rings. The molecule has 0 atom stereocenters. The molecule has 0 aliphatic carbocycles. The van der Waals surface area contributed by atoms with Crippen LogP contribution in [0, 0.1) is 5.82 Å². The molecule has 0 spiro atoms. The van der Waals surface area contributed by atoms with Crippen molar-refractivity contribution in [1.29, 1.82) is 0 Å². The minimum Gasteiger partial charge on any atom is -0.320 e. The Kier molecular flexibility index (Phi) is 3.59. The van der Waals surface area contributed by atoms with Crippen LogP contribution in [0.5, 0.6) is 0 Å². The normalized spacial score (nSPS) is 10.6. The van der Waals surface area contributed by atoms with E-state index >= 15 is 0 Å². The molecule has 1 aromatic carbocycles. The molecule has 0 radical (unpaired) electrons. The topological polar surface area (TPSA) is 85.6 Å². The zero-order valence-corrected chi connectivity index (χ0v) is 11.8. The summed E-state index contributed by atoms with van der Waals surface area (Å²) in [4.78, 5) is 15.6. The monoisotopic (exact) mass is 324 g/mol. The molecule has 0 fully saturated rings. The molecule has 3 rings (SSSR count). The number of nitrogens with zero attached hydrogens (tertiary/aromatic N) is 5. The van der Waals surface area contributed by atoms with Crippen LogP contribution in [0.1, 0.15) is 9.80 Å². The van der Waals surface area contributed by atoms with Crippen molar-refractivity contribution in [2.24, 2.45) is 0 Å². The Morgan fingerprint density at radius 2 is 2.24 bits per heavy atom. The van der Waals surface area contributed by atoms with Gasteiger partial charge in [0.25, 0.3) is 5.91 Å². The quantitative estimate of drug-likeness (QED) is 0.798. The molecular weight excluding hydrogens is 319 g/mol. The summed E-state index contributed by atoms with van der Waals surface area (Å²) in [7, 11) is 0. The highest BCUT2D eigenvalue weighted by Gasteiger charge is 2.13. The third-order valence-corrected chi connectivity index (χ3v) is 3.48. The number of anilines is 1. The van der Waals surface area contributed by atoms with Crippen molar-refractivity contribution in [1.82, 2.24) is 25.0 Å². The van der Waals surface area contributed by atoms with Crippen LogP contribution in [-0.4, -0.2) is 30.9 Å². The Morgan fingerprint density at radius 3 is 2.86 bits per heavy atom. The SMILES string of the molecule is O=C(Nc1ccc(-n2cncn2)c(F)c1)c1nnc(Cl)s1. The summed E-state index contributed by atoms with van der Waals surface area (Å²) >= 11 is 6.54. The molecule has 1 amide bonds. The number of aromatic nitrogens is 5. The van der Waals surface area contributed by atoms with Gasteiger partial charge in [-0.3, -0.25) is 4.79 Å². The minimum atomic E-state index is -0.548. The van der Waals surface area contributed by atoms with E-state index in [4.69, 9.17) is 11.6 Å². The van der Waals surface area contributed by atoms with Crippen molar-refractivity contribution in [3.05, 3.63) is 46.1 Å². The Bertz CT molecular complexity index is 790. The van der Waals surface area contributed by atoms with E-state index in [0.29, 0.717) is 0 Å². The molecule has 21 heavy (non-hydrogen) atoms. The highest BCUT2D eigenvalue weighted by Crippen LogP contribution is 2.20. The third kappa shape index (κ3) is 2.88. The van der Waals surface area contributed by atoms with Gasteiger partial charge in [0.1, 0.15) is 18.3 Å². The van der Waals surface area contributed by atoms with Crippen molar-refractivity contribution in [3.63, 3.8) is 0 Å². The van der Waals surface area contributed by atoms with Crippen molar-refractivity contribution in [2.75, 3.05) is 5.32 Å². The molecular formula is C11H6ClFN6OS. The molecule has 0 saturated heterocycles. The van der Waals surface area contributed by atoms with Crippen LogP contribution < -0.4 is 5.32 Å². The van der Waals surface area contributed by atoms with Crippen LogP contribution in [0.25, 0.3) is 5.69 Å². The molecule has 1 N–H and O–H groups in total. The lowest BCUT2D eigenvalue weighted by Crippen LogP contribution is -2.12. The van der Waals surface area contributed by atoms with Crippen LogP contribution in [0.2, 0.25) is 4.47 Å². The summed E-state index contributed by atoms with van der Waals surface area (Å²) in [5.41, 5.74) is 0.511. The fourth-order valence-corrected chi connectivity index (χ4v) is 2.31. The van der Waals surface area contributed by atoms with Crippen molar-refractivity contribution < 1.29 is 9.18 Å². The van der Waals surface area contributed by atoms with Gasteiger partial charge in [0.2, 0.25) is 9.47 Å². The van der Waals surface area contributed by atoms with Gasteiger partial charge in [-0.25, -0.2) is 14.1 Å². The maximum absolute atomic E-state index is 14.0. The number of benzene rings is 1. The number of hydrogen-bond acceptors (Lipinski definition) is 6. The maximum Gasteiger partial charge on any atom is 0.286 e. The third-order valence-electron chi connectivity index (χ3n) is 2.47. The highest BCUT2D eigenvalue weighted by atomic mass is 35.5. The maximum atomic E-state index is 14.0. The highest BCUT2D eigenvalue weighted by molar-refractivity contribution is 7.17. The number of carbonyl (C=O) groups is 1. The molecule has 2 heterocycles. The zero-order valence-electron chi connectivity index (χ0n) is 10.2. The molecule has 10 heteroatoms. The molecule has 0 aliphatic heterocycles. The van der Waals surface area contributed by atoms with E-state index in [0.717, 1.165) is 11.3 Å². The van der Waals surface area contributed by atoms with Crippen LogP contribution in [0.4, 0.5) is 10.1 Å². The second-order valence-corrected chi connectivity index (χ2v) is 5.38. The number of nitrogens with one attached hydrogen (secondary N) is 1. The summed E-state index contributed by atoms with van der Waals surface area (Å²) in [5.74, 6) is -1.05. The second kappa shape index (κ2) is 5.54. The van der Waals surface area contributed by atoms with Gasteiger partial charge in [0, 0.05) is 5.69 Å². The number of amides is 1. The number of halogens is 2. The van der Waals surface area contributed by atoms with Gasteiger partial charge in [-0.05, 0) is 29.8 Å². The van der Waals surface area contributed by atoms with Crippen LogP contribution in [0.15, 0.2) is 30.9 Å². The second-order valence-electron chi connectivity index (χ2n) is 3.82. The lowest BCUT2D eigenvalue weighted by Gasteiger charge is -2.06. The first-order valence-electron chi connectivity index (χ1n) is 5.58. The Balaban J connectivity index is 1.81. The van der Waals surface area contributed by atoms with Crippen LogP contribution in [0.3, 0.4) is 0 Å². The van der Waals surface area contributed by atoms with E-state index in [9.17, 15) is 9.18 Å². The Morgan fingerprint density at radius 1 is 1.38 bits per heavy atom. The number of carbonyl (C=O) groups excluding carboxylic acids is 1. The first kappa shape index (κ1) is 13.6.